The second-order valence-electron chi connectivity index (χ2n) is 9.96. The van der Waals surface area contributed by atoms with Crippen molar-refractivity contribution in [1.29, 1.82) is 0 Å². The molecule has 3 saturated carbocycles. The smallest absolute Gasteiger partial charge is 0.330 e. The Kier molecular flexibility index (Phi) is 6.23. The number of anilines is 1. The average Bonchev–Trinajstić information content (AvgIpc) is 3.39. The highest BCUT2D eigenvalue weighted by Gasteiger charge is 2.52. The van der Waals surface area contributed by atoms with Crippen LogP contribution in [0.2, 0.25) is 0 Å². The standard InChI is InChI=1S/C26H33N3O4/c1-31-22(30)6-5-19-3-2-4-21(17-19)27-18-25-9-12-26(13-10-25,14-11-25)24-28-23(29-33-24)20-7-15-32-16-8-20/h2-6,17,20,27H,7-16,18H2,1H3/b6-5+. The van der Waals surface area contributed by atoms with Gasteiger partial charge in [0.15, 0.2) is 5.82 Å². The highest BCUT2D eigenvalue weighted by molar-refractivity contribution is 5.87. The number of benzene rings is 1. The highest BCUT2D eigenvalue weighted by Crippen LogP contribution is 2.57. The third-order valence-electron chi connectivity index (χ3n) is 8.05. The van der Waals surface area contributed by atoms with Crippen LogP contribution >= 0.6 is 0 Å². The van der Waals surface area contributed by atoms with Gasteiger partial charge in [-0.15, -0.1) is 0 Å². The van der Waals surface area contributed by atoms with Gasteiger partial charge in [0.2, 0.25) is 5.89 Å². The van der Waals surface area contributed by atoms with Gasteiger partial charge < -0.3 is 19.3 Å². The SMILES string of the molecule is COC(=O)/C=C/c1cccc(NCC23CCC(c4nc(C5CCOCC5)no4)(CC2)CC3)c1. The van der Waals surface area contributed by atoms with Crippen molar-refractivity contribution in [3.8, 4) is 0 Å². The van der Waals surface area contributed by atoms with Crippen LogP contribution in [0.25, 0.3) is 6.08 Å². The fraction of sp³-hybridized carbons (Fsp3) is 0.577. The molecule has 1 saturated heterocycles. The highest BCUT2D eigenvalue weighted by atomic mass is 16.5. The first-order valence-corrected chi connectivity index (χ1v) is 12.1. The molecular weight excluding hydrogens is 418 g/mol. The van der Waals surface area contributed by atoms with Crippen molar-refractivity contribution < 1.29 is 18.8 Å². The number of carbonyl (C=O) groups is 1. The molecule has 1 N–H and O–H groups in total. The number of hydrogen-bond donors (Lipinski definition) is 1. The van der Waals surface area contributed by atoms with Gasteiger partial charge in [-0.1, -0.05) is 17.3 Å². The van der Waals surface area contributed by atoms with Crippen LogP contribution in [0.1, 0.15) is 74.6 Å². The van der Waals surface area contributed by atoms with Crippen LogP contribution in [0.4, 0.5) is 5.69 Å². The lowest BCUT2D eigenvalue weighted by molar-refractivity contribution is -0.134. The van der Waals surface area contributed by atoms with Gasteiger partial charge in [-0.05, 0) is 80.6 Å². The Morgan fingerprint density at radius 2 is 1.94 bits per heavy atom. The van der Waals surface area contributed by atoms with Gasteiger partial charge >= 0.3 is 5.97 Å². The minimum absolute atomic E-state index is 0.0662. The Hall–Kier alpha value is -2.67. The summed E-state index contributed by atoms with van der Waals surface area (Å²) in [7, 11) is 1.39. The number of hydrogen-bond acceptors (Lipinski definition) is 7. The van der Waals surface area contributed by atoms with Crippen LogP contribution in [-0.2, 0) is 19.7 Å². The van der Waals surface area contributed by atoms with Gasteiger partial charge in [-0.25, -0.2) is 4.79 Å². The number of nitrogens with zero attached hydrogens (tertiary/aromatic N) is 2. The Bertz CT molecular complexity index is 984. The molecule has 1 aliphatic heterocycles. The summed E-state index contributed by atoms with van der Waals surface area (Å²) in [5, 5.41) is 8.03. The monoisotopic (exact) mass is 451 g/mol. The van der Waals surface area contributed by atoms with E-state index in [1.54, 1.807) is 6.08 Å². The molecule has 0 atom stereocenters. The number of methoxy groups -OCH3 is 1. The van der Waals surface area contributed by atoms with Gasteiger partial charge in [-0.3, -0.25) is 0 Å². The zero-order chi connectivity index (χ0) is 22.7. The Morgan fingerprint density at radius 3 is 2.67 bits per heavy atom. The van der Waals surface area contributed by atoms with Crippen LogP contribution in [0.5, 0.6) is 0 Å². The number of fused-ring (bicyclic) bond motifs is 3. The Labute approximate surface area is 194 Å². The van der Waals surface area contributed by atoms with E-state index in [0.29, 0.717) is 11.3 Å². The number of ether oxygens (including phenoxy) is 2. The van der Waals surface area contributed by atoms with Crippen LogP contribution in [0.3, 0.4) is 0 Å². The molecule has 33 heavy (non-hydrogen) atoms. The van der Waals surface area contributed by atoms with E-state index < -0.39 is 0 Å². The van der Waals surface area contributed by atoms with Crippen LogP contribution in [0, 0.1) is 5.41 Å². The first-order valence-electron chi connectivity index (χ1n) is 12.1. The summed E-state index contributed by atoms with van der Waals surface area (Å²) in [6, 6.07) is 8.15. The normalized spacial score (nSPS) is 27.7. The molecule has 0 radical (unpaired) electrons. The fourth-order valence-corrected chi connectivity index (χ4v) is 5.70. The number of aromatic nitrogens is 2. The van der Waals surface area contributed by atoms with Crippen molar-refractivity contribution in [2.75, 3.05) is 32.2 Å². The lowest BCUT2D eigenvalue weighted by Crippen LogP contribution is -2.47. The second kappa shape index (κ2) is 9.29. The van der Waals surface area contributed by atoms with E-state index in [9.17, 15) is 4.79 Å². The lowest BCUT2D eigenvalue weighted by Gasteiger charge is -2.52. The summed E-state index contributed by atoms with van der Waals surface area (Å²) in [5.74, 6) is 1.78. The van der Waals surface area contributed by atoms with Crippen molar-refractivity contribution in [2.24, 2.45) is 5.41 Å². The summed E-state index contributed by atoms with van der Waals surface area (Å²) < 4.78 is 16.0. The van der Waals surface area contributed by atoms with Crippen LogP contribution in [0.15, 0.2) is 34.9 Å². The zero-order valence-corrected chi connectivity index (χ0v) is 19.3. The maximum absolute atomic E-state index is 11.4. The van der Waals surface area contributed by atoms with Gasteiger partial charge in [-0.2, -0.15) is 4.98 Å². The van der Waals surface area contributed by atoms with E-state index in [1.165, 1.54) is 32.4 Å². The molecule has 176 valence electrons. The van der Waals surface area contributed by atoms with Gasteiger partial charge in [0.25, 0.3) is 0 Å². The summed E-state index contributed by atoms with van der Waals surface area (Å²) in [5.41, 5.74) is 2.45. The molecule has 1 aromatic carbocycles. The first-order chi connectivity index (χ1) is 16.1. The molecule has 0 amide bonds. The second-order valence-corrected chi connectivity index (χ2v) is 9.96. The minimum Gasteiger partial charge on any atom is -0.466 e. The molecule has 1 aromatic heterocycles. The molecule has 0 unspecified atom stereocenters. The third-order valence-corrected chi connectivity index (χ3v) is 8.05. The molecule has 7 nitrogen and oxygen atoms in total. The molecule has 6 rings (SSSR count). The molecule has 0 spiro atoms. The summed E-state index contributed by atoms with van der Waals surface area (Å²) in [6.07, 6.45) is 12.1. The molecule has 4 aliphatic rings. The summed E-state index contributed by atoms with van der Waals surface area (Å²) in [6.45, 7) is 2.55. The molecule has 4 fully saturated rings. The average molecular weight is 452 g/mol. The number of rotatable bonds is 7. The van der Waals surface area contributed by atoms with Crippen molar-refractivity contribution in [2.45, 2.75) is 62.7 Å². The van der Waals surface area contributed by atoms with Crippen molar-refractivity contribution in [1.82, 2.24) is 10.1 Å². The van der Waals surface area contributed by atoms with Crippen LogP contribution < -0.4 is 5.32 Å². The van der Waals surface area contributed by atoms with E-state index in [-0.39, 0.29) is 11.4 Å². The first kappa shape index (κ1) is 22.1. The van der Waals surface area contributed by atoms with E-state index in [2.05, 4.69) is 27.3 Å². The van der Waals surface area contributed by atoms with Crippen molar-refractivity contribution in [3.63, 3.8) is 0 Å². The summed E-state index contributed by atoms with van der Waals surface area (Å²) >= 11 is 0. The Morgan fingerprint density at radius 1 is 1.18 bits per heavy atom. The fourth-order valence-electron chi connectivity index (χ4n) is 5.70. The third kappa shape index (κ3) is 4.69. The van der Waals surface area contributed by atoms with Gasteiger partial charge in [0.1, 0.15) is 0 Å². The Balaban J connectivity index is 1.19. The van der Waals surface area contributed by atoms with Crippen LogP contribution in [-0.4, -0.2) is 43.0 Å². The molecular formula is C26H33N3O4. The zero-order valence-electron chi connectivity index (χ0n) is 19.3. The molecule has 3 aliphatic carbocycles. The van der Waals surface area contributed by atoms with E-state index in [1.807, 2.05) is 12.1 Å². The molecule has 7 heteroatoms. The topological polar surface area (TPSA) is 86.5 Å². The van der Waals surface area contributed by atoms with Gasteiger partial charge in [0.05, 0.1) is 7.11 Å². The van der Waals surface area contributed by atoms with E-state index in [4.69, 9.17) is 14.2 Å². The van der Waals surface area contributed by atoms with Gasteiger partial charge in [0, 0.05) is 42.9 Å². The quantitative estimate of drug-likeness (QED) is 0.475. The maximum atomic E-state index is 11.4. The maximum Gasteiger partial charge on any atom is 0.330 e. The minimum atomic E-state index is -0.346. The summed E-state index contributed by atoms with van der Waals surface area (Å²) in [4.78, 5) is 16.3. The van der Waals surface area contributed by atoms with E-state index in [0.717, 1.165) is 74.8 Å². The lowest BCUT2D eigenvalue weighted by atomic mass is 9.53. The van der Waals surface area contributed by atoms with E-state index >= 15 is 0 Å². The number of nitrogens with one attached hydrogen (secondary N) is 1. The molecule has 2 heterocycles. The van der Waals surface area contributed by atoms with Crippen molar-refractivity contribution >= 4 is 17.7 Å². The van der Waals surface area contributed by atoms with Crippen molar-refractivity contribution in [3.05, 3.63) is 47.6 Å². The largest absolute Gasteiger partial charge is 0.466 e. The predicted octanol–water partition coefficient (Wildman–Crippen LogP) is 4.85. The number of esters is 1. The molecule has 2 bridgehead atoms. The number of carbonyl (C=O) groups excluding carboxylic acids is 1. The molecule has 2 aromatic rings. The predicted molar refractivity (Wildman–Crippen MR) is 125 cm³/mol.